The normalized spacial score (nSPS) is 16.4. The molecule has 17 heavy (non-hydrogen) atoms. The van der Waals surface area contributed by atoms with Gasteiger partial charge in [0, 0.05) is 30.8 Å². The Morgan fingerprint density at radius 3 is 2.88 bits per heavy atom. The van der Waals surface area contributed by atoms with Gasteiger partial charge in [0.15, 0.2) is 5.69 Å². The van der Waals surface area contributed by atoms with Crippen molar-refractivity contribution in [3.05, 3.63) is 36.2 Å². The van der Waals surface area contributed by atoms with Gasteiger partial charge in [0.2, 0.25) is 0 Å². The van der Waals surface area contributed by atoms with E-state index in [0.29, 0.717) is 5.69 Å². The van der Waals surface area contributed by atoms with Crippen LogP contribution in [0.3, 0.4) is 0 Å². The van der Waals surface area contributed by atoms with Crippen LogP contribution in [0.5, 0.6) is 0 Å². The fraction of sp³-hybridized carbons (Fsp3) is 0.333. The Kier molecular flexibility index (Phi) is 2.76. The molecular formula is C12H13N3OS. The molecule has 0 spiro atoms. The Hall–Kier alpha value is -1.49. The van der Waals surface area contributed by atoms with E-state index in [2.05, 4.69) is 5.10 Å². The Bertz CT molecular complexity index is 512. The molecule has 4 nitrogen and oxygen atoms in total. The molecule has 5 heteroatoms. The highest BCUT2D eigenvalue weighted by molar-refractivity contribution is 7.99. The molecule has 0 aromatic carbocycles. The number of nitrogens with zero attached hydrogens (tertiary/aromatic N) is 3. The van der Waals surface area contributed by atoms with Crippen LogP contribution in [0.1, 0.15) is 10.5 Å². The Morgan fingerprint density at radius 1 is 1.29 bits per heavy atom. The zero-order valence-corrected chi connectivity index (χ0v) is 10.2. The number of fused-ring (bicyclic) bond motifs is 1. The van der Waals surface area contributed by atoms with E-state index in [1.807, 2.05) is 47.1 Å². The van der Waals surface area contributed by atoms with Crippen LogP contribution in [0.25, 0.3) is 5.52 Å². The maximum absolute atomic E-state index is 12.2. The second-order valence-electron chi connectivity index (χ2n) is 4.00. The third-order valence-corrected chi connectivity index (χ3v) is 3.83. The predicted octanol–water partition coefficient (Wildman–Crippen LogP) is 1.52. The molecule has 88 valence electrons. The van der Waals surface area contributed by atoms with Gasteiger partial charge in [-0.1, -0.05) is 6.07 Å². The molecule has 2 aromatic heterocycles. The van der Waals surface area contributed by atoms with Gasteiger partial charge in [0.25, 0.3) is 5.91 Å². The Morgan fingerprint density at radius 2 is 2.12 bits per heavy atom. The molecule has 3 heterocycles. The van der Waals surface area contributed by atoms with E-state index >= 15 is 0 Å². The van der Waals surface area contributed by atoms with E-state index in [-0.39, 0.29) is 5.91 Å². The minimum Gasteiger partial charge on any atom is -0.336 e. The smallest absolute Gasteiger partial charge is 0.274 e. The minimum absolute atomic E-state index is 0.0500. The zero-order chi connectivity index (χ0) is 11.7. The van der Waals surface area contributed by atoms with Crippen molar-refractivity contribution < 1.29 is 4.79 Å². The summed E-state index contributed by atoms with van der Waals surface area (Å²) in [4.78, 5) is 14.1. The summed E-state index contributed by atoms with van der Waals surface area (Å²) in [6.45, 7) is 1.66. The molecule has 0 aliphatic carbocycles. The van der Waals surface area contributed by atoms with E-state index < -0.39 is 0 Å². The molecule has 2 aromatic rings. The van der Waals surface area contributed by atoms with Gasteiger partial charge in [0.05, 0.1) is 5.52 Å². The lowest BCUT2D eigenvalue weighted by molar-refractivity contribution is 0.0766. The number of thioether (sulfide) groups is 1. The number of aromatic nitrogens is 2. The topological polar surface area (TPSA) is 37.6 Å². The fourth-order valence-corrected chi connectivity index (χ4v) is 2.87. The van der Waals surface area contributed by atoms with Crippen molar-refractivity contribution in [3.63, 3.8) is 0 Å². The van der Waals surface area contributed by atoms with Crippen LogP contribution in [0, 0.1) is 0 Å². The number of rotatable bonds is 1. The highest BCUT2D eigenvalue weighted by atomic mass is 32.2. The van der Waals surface area contributed by atoms with Gasteiger partial charge >= 0.3 is 0 Å². The summed E-state index contributed by atoms with van der Waals surface area (Å²) in [6.07, 6.45) is 1.86. The molecule has 1 fully saturated rings. The summed E-state index contributed by atoms with van der Waals surface area (Å²) in [5, 5.41) is 4.31. The van der Waals surface area contributed by atoms with Crippen LogP contribution < -0.4 is 0 Å². The first kappa shape index (κ1) is 10.7. The molecule has 0 radical (unpaired) electrons. The standard InChI is InChI=1S/C12H13N3OS/c16-12(14-5-7-17-8-6-14)11-9-10-3-1-2-4-15(10)13-11/h1-4,9H,5-8H2. The first-order valence-corrected chi connectivity index (χ1v) is 6.81. The Labute approximate surface area is 104 Å². The lowest BCUT2D eigenvalue weighted by Gasteiger charge is -2.25. The van der Waals surface area contributed by atoms with Crippen molar-refractivity contribution >= 4 is 23.2 Å². The fourth-order valence-electron chi connectivity index (χ4n) is 1.97. The van der Waals surface area contributed by atoms with E-state index in [1.54, 1.807) is 4.52 Å². The molecular weight excluding hydrogens is 234 g/mol. The zero-order valence-electron chi connectivity index (χ0n) is 9.37. The van der Waals surface area contributed by atoms with Crippen molar-refractivity contribution in [3.8, 4) is 0 Å². The lowest BCUT2D eigenvalue weighted by Crippen LogP contribution is -2.38. The molecule has 1 aliphatic rings. The van der Waals surface area contributed by atoms with E-state index in [4.69, 9.17) is 0 Å². The van der Waals surface area contributed by atoms with Crippen molar-refractivity contribution in [2.75, 3.05) is 24.6 Å². The van der Waals surface area contributed by atoms with Gasteiger partial charge in [-0.3, -0.25) is 4.79 Å². The van der Waals surface area contributed by atoms with Crippen molar-refractivity contribution in [1.82, 2.24) is 14.5 Å². The maximum Gasteiger partial charge on any atom is 0.274 e. The number of carbonyl (C=O) groups excluding carboxylic acids is 1. The number of hydrogen-bond donors (Lipinski definition) is 0. The molecule has 0 bridgehead atoms. The first-order valence-electron chi connectivity index (χ1n) is 5.66. The highest BCUT2D eigenvalue weighted by Gasteiger charge is 2.20. The number of carbonyl (C=O) groups is 1. The minimum atomic E-state index is 0.0500. The van der Waals surface area contributed by atoms with Gasteiger partial charge in [-0.25, -0.2) is 4.52 Å². The van der Waals surface area contributed by atoms with Gasteiger partial charge in [-0.2, -0.15) is 16.9 Å². The SMILES string of the molecule is O=C(c1cc2ccccn2n1)N1CCSCC1. The number of hydrogen-bond acceptors (Lipinski definition) is 3. The molecule has 0 N–H and O–H groups in total. The van der Waals surface area contributed by atoms with Crippen molar-refractivity contribution in [1.29, 1.82) is 0 Å². The second kappa shape index (κ2) is 4.41. The number of amides is 1. The maximum atomic E-state index is 12.2. The average Bonchev–Trinajstić information content (AvgIpc) is 2.82. The monoisotopic (exact) mass is 247 g/mol. The molecule has 3 rings (SSSR count). The van der Waals surface area contributed by atoms with Gasteiger partial charge in [0.1, 0.15) is 0 Å². The van der Waals surface area contributed by atoms with Crippen LogP contribution >= 0.6 is 11.8 Å². The molecule has 0 saturated carbocycles. The van der Waals surface area contributed by atoms with Crippen LogP contribution in [-0.4, -0.2) is 45.0 Å². The molecule has 0 atom stereocenters. The summed E-state index contributed by atoms with van der Waals surface area (Å²) < 4.78 is 1.74. The molecule has 1 saturated heterocycles. The summed E-state index contributed by atoms with van der Waals surface area (Å²) >= 11 is 1.90. The van der Waals surface area contributed by atoms with Crippen LogP contribution in [-0.2, 0) is 0 Å². The molecule has 1 aliphatic heterocycles. The quantitative estimate of drug-likeness (QED) is 0.767. The van der Waals surface area contributed by atoms with Crippen molar-refractivity contribution in [2.45, 2.75) is 0 Å². The van der Waals surface area contributed by atoms with Crippen LogP contribution in [0.15, 0.2) is 30.5 Å². The molecule has 0 unspecified atom stereocenters. The lowest BCUT2D eigenvalue weighted by atomic mass is 10.3. The van der Waals surface area contributed by atoms with E-state index in [9.17, 15) is 4.79 Å². The third-order valence-electron chi connectivity index (χ3n) is 2.89. The Balaban J connectivity index is 1.89. The van der Waals surface area contributed by atoms with Gasteiger partial charge < -0.3 is 4.90 Å². The average molecular weight is 247 g/mol. The summed E-state index contributed by atoms with van der Waals surface area (Å²) in [7, 11) is 0. The van der Waals surface area contributed by atoms with E-state index in [1.165, 1.54) is 0 Å². The largest absolute Gasteiger partial charge is 0.336 e. The van der Waals surface area contributed by atoms with Gasteiger partial charge in [-0.05, 0) is 18.2 Å². The molecule has 1 amide bonds. The summed E-state index contributed by atoms with van der Waals surface area (Å²) in [5.41, 5.74) is 1.50. The van der Waals surface area contributed by atoms with Crippen LogP contribution in [0.4, 0.5) is 0 Å². The number of pyridine rings is 1. The third kappa shape index (κ3) is 2.02. The first-order chi connectivity index (χ1) is 8.34. The van der Waals surface area contributed by atoms with Crippen molar-refractivity contribution in [2.24, 2.45) is 0 Å². The van der Waals surface area contributed by atoms with Crippen LogP contribution in [0.2, 0.25) is 0 Å². The van der Waals surface area contributed by atoms with Gasteiger partial charge in [-0.15, -0.1) is 0 Å². The summed E-state index contributed by atoms with van der Waals surface area (Å²) in [6, 6.07) is 7.66. The summed E-state index contributed by atoms with van der Waals surface area (Å²) in [5.74, 6) is 2.10. The predicted molar refractivity (Wildman–Crippen MR) is 68.4 cm³/mol. The van der Waals surface area contributed by atoms with E-state index in [0.717, 1.165) is 30.1 Å². The highest BCUT2D eigenvalue weighted by Crippen LogP contribution is 2.13. The second-order valence-corrected chi connectivity index (χ2v) is 5.23.